The van der Waals surface area contributed by atoms with Gasteiger partial charge < -0.3 is 15.5 Å². The molecule has 1 saturated heterocycles. The Bertz CT molecular complexity index is 417. The van der Waals surface area contributed by atoms with E-state index >= 15 is 0 Å². The van der Waals surface area contributed by atoms with Crippen molar-refractivity contribution >= 4 is 5.91 Å². The Kier molecular flexibility index (Phi) is 3.93. The number of likely N-dealkylation sites (N-methyl/N-ethyl adjacent to an activating group) is 1. The van der Waals surface area contributed by atoms with Crippen LogP contribution in [0.5, 0.6) is 0 Å². The van der Waals surface area contributed by atoms with Gasteiger partial charge in [-0.2, -0.15) is 0 Å². The van der Waals surface area contributed by atoms with E-state index in [1.165, 1.54) is 0 Å². The topological polar surface area (TPSA) is 91.1 Å². The number of nitrogens with two attached hydrogens (primary N) is 1. The highest BCUT2D eigenvalue weighted by Gasteiger charge is 2.30. The molecule has 1 amide bonds. The van der Waals surface area contributed by atoms with Crippen molar-refractivity contribution in [1.29, 1.82) is 0 Å². The minimum atomic E-state index is -0.130. The highest BCUT2D eigenvalue weighted by molar-refractivity contribution is 5.90. The highest BCUT2D eigenvalue weighted by Crippen LogP contribution is 2.10. The number of carbonyl (C=O) groups excluding carboxylic acids is 1. The Morgan fingerprint density at radius 3 is 2.94 bits per heavy atom. The van der Waals surface area contributed by atoms with Gasteiger partial charge in [0.25, 0.3) is 5.91 Å². The van der Waals surface area contributed by atoms with E-state index < -0.39 is 0 Å². The lowest BCUT2D eigenvalue weighted by molar-refractivity contribution is 0.0504. The number of aromatic amines is 1. The van der Waals surface area contributed by atoms with E-state index in [2.05, 4.69) is 20.1 Å². The number of hydrogen-bond acceptors (Lipinski definition) is 5. The van der Waals surface area contributed by atoms with Gasteiger partial charge in [0.05, 0.1) is 6.04 Å². The first-order valence-electron chi connectivity index (χ1n) is 6.26. The predicted molar refractivity (Wildman–Crippen MR) is 67.1 cm³/mol. The number of hydrogen-bond donors (Lipinski definition) is 2. The fourth-order valence-corrected chi connectivity index (χ4v) is 2.16. The molecule has 0 radical (unpaired) electrons. The predicted octanol–water partition coefficient (Wildman–Crippen LogP) is -0.918. The molecule has 1 fully saturated rings. The average molecular weight is 252 g/mol. The third kappa shape index (κ3) is 2.51. The van der Waals surface area contributed by atoms with Crippen molar-refractivity contribution in [2.45, 2.75) is 19.4 Å². The molecule has 0 spiro atoms. The average Bonchev–Trinajstić information content (AvgIpc) is 2.86. The molecule has 7 nitrogen and oxygen atoms in total. The second-order valence-electron chi connectivity index (χ2n) is 4.61. The Hall–Kier alpha value is -1.47. The summed E-state index contributed by atoms with van der Waals surface area (Å²) in [5.74, 6) is 0.848. The maximum atomic E-state index is 12.3. The fraction of sp³-hybridized carbons (Fsp3) is 0.727. The summed E-state index contributed by atoms with van der Waals surface area (Å²) in [5, 5.41) is 6.73. The van der Waals surface area contributed by atoms with Crippen molar-refractivity contribution in [3.8, 4) is 0 Å². The van der Waals surface area contributed by atoms with Crippen LogP contribution in [0.2, 0.25) is 0 Å². The summed E-state index contributed by atoms with van der Waals surface area (Å²) in [6.07, 6.45) is 0.739. The van der Waals surface area contributed by atoms with Gasteiger partial charge in [-0.1, -0.05) is 6.92 Å². The second kappa shape index (κ2) is 5.45. The van der Waals surface area contributed by atoms with Gasteiger partial charge in [0.15, 0.2) is 0 Å². The molecule has 3 N–H and O–H groups in total. The number of piperazine rings is 1. The molecule has 1 aliphatic heterocycles. The number of amides is 1. The zero-order valence-electron chi connectivity index (χ0n) is 10.9. The molecule has 1 atom stereocenters. The first-order chi connectivity index (χ1) is 8.65. The van der Waals surface area contributed by atoms with Crippen LogP contribution in [0.4, 0.5) is 0 Å². The molecule has 0 aliphatic carbocycles. The quantitative estimate of drug-likeness (QED) is 0.726. The molecule has 0 aromatic carbocycles. The number of aryl methyl sites for hydroxylation is 1. The minimum absolute atomic E-state index is 0.0415. The molecule has 1 aliphatic rings. The molecule has 7 heteroatoms. The normalized spacial score (nSPS) is 21.3. The molecule has 2 heterocycles. The summed E-state index contributed by atoms with van der Waals surface area (Å²) in [5.41, 5.74) is 5.73. The number of nitrogens with zero attached hydrogens (tertiary/aromatic N) is 4. The van der Waals surface area contributed by atoms with Crippen LogP contribution in [-0.2, 0) is 6.42 Å². The Morgan fingerprint density at radius 2 is 2.33 bits per heavy atom. The number of rotatable bonds is 3. The molecule has 0 saturated carbocycles. The SMILES string of the molecule is CCc1nc(C(=O)N2CCN(C)CC2CN)n[nH]1. The largest absolute Gasteiger partial charge is 0.329 e. The van der Waals surface area contributed by atoms with Crippen molar-refractivity contribution in [1.82, 2.24) is 25.0 Å². The van der Waals surface area contributed by atoms with Gasteiger partial charge in [0.2, 0.25) is 5.82 Å². The van der Waals surface area contributed by atoms with Crippen molar-refractivity contribution in [3.05, 3.63) is 11.6 Å². The van der Waals surface area contributed by atoms with Crippen molar-refractivity contribution in [2.75, 3.05) is 33.2 Å². The summed E-state index contributed by atoms with van der Waals surface area (Å²) >= 11 is 0. The number of aromatic nitrogens is 3. The van der Waals surface area contributed by atoms with Crippen LogP contribution in [0.1, 0.15) is 23.4 Å². The fourth-order valence-electron chi connectivity index (χ4n) is 2.16. The van der Waals surface area contributed by atoms with E-state index in [0.717, 1.165) is 25.3 Å². The maximum absolute atomic E-state index is 12.3. The van der Waals surface area contributed by atoms with Gasteiger partial charge in [-0.3, -0.25) is 9.89 Å². The number of carbonyl (C=O) groups is 1. The summed E-state index contributed by atoms with van der Waals surface area (Å²) in [6, 6.07) is 0.0415. The Balaban J connectivity index is 2.11. The minimum Gasteiger partial charge on any atom is -0.329 e. The van der Waals surface area contributed by atoms with Gasteiger partial charge in [-0.15, -0.1) is 5.10 Å². The van der Waals surface area contributed by atoms with Gasteiger partial charge in [-0.25, -0.2) is 4.98 Å². The van der Waals surface area contributed by atoms with Gasteiger partial charge in [0.1, 0.15) is 5.82 Å². The zero-order chi connectivity index (χ0) is 13.1. The Morgan fingerprint density at radius 1 is 1.56 bits per heavy atom. The smallest absolute Gasteiger partial charge is 0.293 e. The molecular weight excluding hydrogens is 232 g/mol. The van der Waals surface area contributed by atoms with Crippen LogP contribution in [0.15, 0.2) is 0 Å². The van der Waals surface area contributed by atoms with E-state index in [9.17, 15) is 4.79 Å². The van der Waals surface area contributed by atoms with Crippen LogP contribution in [-0.4, -0.2) is 70.2 Å². The molecular formula is C11H20N6O. The Labute approximate surface area is 106 Å². The molecule has 1 aromatic heterocycles. The molecule has 100 valence electrons. The van der Waals surface area contributed by atoms with Crippen molar-refractivity contribution in [3.63, 3.8) is 0 Å². The van der Waals surface area contributed by atoms with Crippen LogP contribution in [0.3, 0.4) is 0 Å². The number of nitrogens with one attached hydrogen (secondary N) is 1. The van der Waals surface area contributed by atoms with Crippen LogP contribution in [0.25, 0.3) is 0 Å². The summed E-state index contributed by atoms with van der Waals surface area (Å²) in [7, 11) is 2.03. The molecule has 1 unspecified atom stereocenters. The van der Waals surface area contributed by atoms with Crippen LogP contribution in [0, 0.1) is 0 Å². The third-order valence-electron chi connectivity index (χ3n) is 3.28. The molecule has 1 aromatic rings. The van der Waals surface area contributed by atoms with Crippen molar-refractivity contribution < 1.29 is 4.79 Å². The van der Waals surface area contributed by atoms with E-state index in [1.807, 2.05) is 14.0 Å². The summed E-state index contributed by atoms with van der Waals surface area (Å²) in [4.78, 5) is 20.4. The third-order valence-corrected chi connectivity index (χ3v) is 3.28. The van der Waals surface area contributed by atoms with Crippen LogP contribution >= 0.6 is 0 Å². The van der Waals surface area contributed by atoms with E-state index in [1.54, 1.807) is 4.90 Å². The first kappa shape index (κ1) is 13.0. The lowest BCUT2D eigenvalue weighted by Gasteiger charge is -2.38. The van der Waals surface area contributed by atoms with Crippen molar-refractivity contribution in [2.24, 2.45) is 5.73 Å². The molecule has 18 heavy (non-hydrogen) atoms. The maximum Gasteiger partial charge on any atom is 0.293 e. The molecule has 0 bridgehead atoms. The first-order valence-corrected chi connectivity index (χ1v) is 6.26. The van der Waals surface area contributed by atoms with Crippen LogP contribution < -0.4 is 5.73 Å². The zero-order valence-corrected chi connectivity index (χ0v) is 10.9. The second-order valence-corrected chi connectivity index (χ2v) is 4.61. The lowest BCUT2D eigenvalue weighted by atomic mass is 10.1. The van der Waals surface area contributed by atoms with E-state index in [4.69, 9.17) is 5.73 Å². The standard InChI is InChI=1S/C11H20N6O/c1-3-9-13-10(15-14-9)11(18)17-5-4-16(2)7-8(17)6-12/h8H,3-7,12H2,1-2H3,(H,13,14,15). The van der Waals surface area contributed by atoms with Gasteiger partial charge in [0, 0.05) is 32.6 Å². The summed E-state index contributed by atoms with van der Waals surface area (Å²) in [6.45, 7) is 4.75. The summed E-state index contributed by atoms with van der Waals surface area (Å²) < 4.78 is 0. The van der Waals surface area contributed by atoms with Gasteiger partial charge in [-0.05, 0) is 7.05 Å². The molecule has 2 rings (SSSR count). The van der Waals surface area contributed by atoms with E-state index in [0.29, 0.717) is 13.1 Å². The lowest BCUT2D eigenvalue weighted by Crippen LogP contribution is -2.56. The van der Waals surface area contributed by atoms with Gasteiger partial charge >= 0.3 is 0 Å². The highest BCUT2D eigenvalue weighted by atomic mass is 16.2. The monoisotopic (exact) mass is 252 g/mol. The number of H-pyrrole nitrogens is 1. The van der Waals surface area contributed by atoms with E-state index in [-0.39, 0.29) is 17.8 Å².